The lowest BCUT2D eigenvalue weighted by Crippen LogP contribution is -2.48. The molecule has 2 unspecified atom stereocenters. The Balaban J connectivity index is 2.24. The molecule has 0 aromatic carbocycles. The number of alkyl halides is 1. The van der Waals surface area contributed by atoms with Gasteiger partial charge in [0.25, 0.3) is 0 Å². The minimum absolute atomic E-state index is 0.0285. The third-order valence-corrected chi connectivity index (χ3v) is 8.01. The highest BCUT2D eigenvalue weighted by atomic mass is 31.3. The number of aliphatic imine (C=N–C) groups is 1. The lowest BCUT2D eigenvalue weighted by atomic mass is 9.97. The minimum atomic E-state index is -5.83. The number of phosphoric acid groups is 3. The molecule has 2 heterocycles. The number of aliphatic hydroxyl groups is 1. The van der Waals surface area contributed by atoms with Crippen molar-refractivity contribution in [3.63, 3.8) is 0 Å². The number of aliphatic hydroxyl groups excluding tert-OH is 1. The SMILES string of the molecule is C=C1N=C(NC)C=CN1[C@@H]1O[C@](CN=[N+]=[N-])(COP(=O)(O)OP(=O)(O)OP(=O)(O)O)[C@@H](O)[C@H]1F. The summed E-state index contributed by atoms with van der Waals surface area (Å²) in [7, 11) is -15.5. The normalized spacial score (nSPS) is 30.8. The number of amidine groups is 1. The molecule has 6 atom stereocenters. The third-order valence-electron chi connectivity index (χ3n) is 4.23. The monoisotopic (exact) mass is 552 g/mol. The Morgan fingerprint density at radius 1 is 1.35 bits per heavy atom. The molecular weight excluding hydrogens is 532 g/mol. The van der Waals surface area contributed by atoms with E-state index < -0.39 is 60.7 Å². The first kappa shape index (κ1) is 28.6. The zero-order valence-corrected chi connectivity index (χ0v) is 19.7. The van der Waals surface area contributed by atoms with E-state index in [1.807, 2.05) is 0 Å². The van der Waals surface area contributed by atoms with Gasteiger partial charge >= 0.3 is 23.5 Å². The Hall–Kier alpha value is -1.68. The van der Waals surface area contributed by atoms with Crippen LogP contribution in [0.25, 0.3) is 10.4 Å². The second-order valence-electron chi connectivity index (χ2n) is 6.60. The number of nitrogens with one attached hydrogen (secondary N) is 1. The molecule has 6 N–H and O–H groups in total. The summed E-state index contributed by atoms with van der Waals surface area (Å²) in [6.07, 6.45) is -3.31. The van der Waals surface area contributed by atoms with Crippen LogP contribution in [0.5, 0.6) is 0 Å². The van der Waals surface area contributed by atoms with Crippen LogP contribution < -0.4 is 5.32 Å². The first-order chi connectivity index (χ1) is 15.5. The number of likely N-dealkylation sites (N-methyl/N-ethyl adjacent to an activating group) is 1. The van der Waals surface area contributed by atoms with Crippen LogP contribution >= 0.6 is 23.5 Å². The molecule has 0 bridgehead atoms. The van der Waals surface area contributed by atoms with Crippen molar-refractivity contribution in [2.24, 2.45) is 10.1 Å². The van der Waals surface area contributed by atoms with Crippen molar-refractivity contribution in [1.29, 1.82) is 0 Å². The first-order valence-electron chi connectivity index (χ1n) is 8.76. The fourth-order valence-electron chi connectivity index (χ4n) is 2.81. The quantitative estimate of drug-likeness (QED) is 0.0924. The average molecular weight is 552 g/mol. The Morgan fingerprint density at radius 3 is 2.53 bits per heavy atom. The highest BCUT2D eigenvalue weighted by Gasteiger charge is 2.58. The average Bonchev–Trinajstić information content (AvgIpc) is 2.93. The van der Waals surface area contributed by atoms with Crippen LogP contribution in [-0.2, 0) is 31.6 Å². The molecule has 22 heteroatoms. The summed E-state index contributed by atoms with van der Waals surface area (Å²) in [5.41, 5.74) is 6.30. The van der Waals surface area contributed by atoms with Crippen molar-refractivity contribution in [1.82, 2.24) is 10.2 Å². The van der Waals surface area contributed by atoms with Gasteiger partial charge in [0.2, 0.25) is 0 Å². The number of nitrogens with zero attached hydrogens (tertiary/aromatic N) is 5. The van der Waals surface area contributed by atoms with Gasteiger partial charge in [-0.1, -0.05) is 11.7 Å². The number of phosphoric ester groups is 1. The van der Waals surface area contributed by atoms with Crippen molar-refractivity contribution in [2.75, 3.05) is 20.2 Å². The molecule has 0 radical (unpaired) electrons. The van der Waals surface area contributed by atoms with Crippen LogP contribution in [0.2, 0.25) is 0 Å². The zero-order chi connectivity index (χ0) is 25.9. The molecule has 0 aliphatic carbocycles. The standard InChI is InChI=1S/C12H20FN6O12P3/c1-7-17-8(15-2)3-4-19(7)11-9(13)10(20)12(29-11,5-16-18-14)6-28-33(24,25)31-34(26,27)30-32(21,22)23/h3-4,9-11,20H,1,5-6H2,2H3,(H,15,17)(H,24,25)(H,26,27)(H2,21,22,23)/t9-,10+,11-,12-/m1/s1. The molecule has 2 rings (SSSR count). The van der Waals surface area contributed by atoms with E-state index in [2.05, 4.69) is 40.1 Å². The van der Waals surface area contributed by atoms with Gasteiger partial charge in [0.1, 0.15) is 23.4 Å². The number of hydrogen-bond donors (Lipinski definition) is 6. The van der Waals surface area contributed by atoms with Crippen molar-refractivity contribution in [2.45, 2.75) is 24.1 Å². The molecule has 0 amide bonds. The molecule has 0 saturated carbocycles. The van der Waals surface area contributed by atoms with Crippen LogP contribution in [0, 0.1) is 0 Å². The van der Waals surface area contributed by atoms with Crippen LogP contribution in [-0.4, -0.2) is 79.7 Å². The number of ether oxygens (including phenoxy) is 1. The predicted molar refractivity (Wildman–Crippen MR) is 109 cm³/mol. The van der Waals surface area contributed by atoms with Gasteiger partial charge in [0, 0.05) is 18.2 Å². The van der Waals surface area contributed by atoms with Gasteiger partial charge in [-0.05, 0) is 11.6 Å². The van der Waals surface area contributed by atoms with Crippen molar-refractivity contribution < 1.29 is 60.6 Å². The molecule has 2 aliphatic rings. The van der Waals surface area contributed by atoms with Crippen LogP contribution in [0.1, 0.15) is 0 Å². The number of hydrogen-bond acceptors (Lipinski definition) is 12. The maximum Gasteiger partial charge on any atom is 0.490 e. The molecule has 0 aromatic heterocycles. The Kier molecular flexibility index (Phi) is 8.83. The molecule has 0 aromatic rings. The Morgan fingerprint density at radius 2 is 2.00 bits per heavy atom. The number of halogens is 1. The molecule has 1 saturated heterocycles. The van der Waals surface area contributed by atoms with E-state index in [4.69, 9.17) is 20.1 Å². The second kappa shape index (κ2) is 10.5. The second-order valence-corrected chi connectivity index (χ2v) is 11.0. The number of rotatable bonds is 10. The minimum Gasteiger partial charge on any atom is -0.387 e. The van der Waals surface area contributed by atoms with E-state index in [1.54, 1.807) is 7.05 Å². The maximum absolute atomic E-state index is 15.0. The Labute approximate surface area is 190 Å². The van der Waals surface area contributed by atoms with Gasteiger partial charge in [0.05, 0.1) is 13.2 Å². The molecule has 1 fully saturated rings. The smallest absolute Gasteiger partial charge is 0.387 e. The van der Waals surface area contributed by atoms with Gasteiger partial charge in [-0.3, -0.25) is 4.52 Å². The van der Waals surface area contributed by atoms with E-state index in [0.717, 1.165) is 4.90 Å². The highest BCUT2D eigenvalue weighted by Crippen LogP contribution is 2.66. The van der Waals surface area contributed by atoms with Crippen molar-refractivity contribution in [3.05, 3.63) is 35.1 Å². The molecular formula is C12H20FN6O12P3. The van der Waals surface area contributed by atoms with Gasteiger partial charge < -0.3 is 39.6 Å². The van der Waals surface area contributed by atoms with Crippen LogP contribution in [0.4, 0.5) is 4.39 Å². The Bertz CT molecular complexity index is 1060. The van der Waals surface area contributed by atoms with E-state index >= 15 is 4.39 Å². The van der Waals surface area contributed by atoms with Gasteiger partial charge in [-0.25, -0.2) is 23.1 Å². The largest absolute Gasteiger partial charge is 0.490 e. The molecule has 192 valence electrons. The van der Waals surface area contributed by atoms with Crippen molar-refractivity contribution in [3.8, 4) is 0 Å². The molecule has 18 nitrogen and oxygen atoms in total. The molecule has 0 spiro atoms. The molecule has 34 heavy (non-hydrogen) atoms. The summed E-state index contributed by atoms with van der Waals surface area (Å²) in [6.45, 7) is 1.51. The lowest BCUT2D eigenvalue weighted by Gasteiger charge is -2.33. The highest BCUT2D eigenvalue weighted by molar-refractivity contribution is 7.66. The first-order valence-corrected chi connectivity index (χ1v) is 13.3. The summed E-state index contributed by atoms with van der Waals surface area (Å²) in [5.74, 6) is 0.336. The molecule has 2 aliphatic heterocycles. The van der Waals surface area contributed by atoms with Crippen LogP contribution in [0.15, 0.2) is 34.8 Å². The van der Waals surface area contributed by atoms with Gasteiger partial charge in [-0.2, -0.15) is 8.62 Å². The topological polar surface area (TPSA) is 266 Å². The summed E-state index contributed by atoms with van der Waals surface area (Å²) >= 11 is 0. The summed E-state index contributed by atoms with van der Waals surface area (Å²) in [6, 6.07) is 0. The number of azide groups is 1. The van der Waals surface area contributed by atoms with Crippen LogP contribution in [0.3, 0.4) is 0 Å². The van der Waals surface area contributed by atoms with E-state index in [-0.39, 0.29) is 5.82 Å². The van der Waals surface area contributed by atoms with E-state index in [0.29, 0.717) is 5.84 Å². The third kappa shape index (κ3) is 7.16. The summed E-state index contributed by atoms with van der Waals surface area (Å²) in [5, 5.41) is 16.4. The maximum atomic E-state index is 15.0. The van der Waals surface area contributed by atoms with E-state index in [1.165, 1.54) is 12.3 Å². The van der Waals surface area contributed by atoms with Gasteiger partial charge in [0.15, 0.2) is 12.4 Å². The predicted octanol–water partition coefficient (Wildman–Crippen LogP) is 0.352. The summed E-state index contributed by atoms with van der Waals surface area (Å²) < 4.78 is 66.3. The summed E-state index contributed by atoms with van der Waals surface area (Å²) in [4.78, 5) is 43.5. The zero-order valence-electron chi connectivity index (χ0n) is 17.1. The van der Waals surface area contributed by atoms with E-state index in [9.17, 15) is 28.6 Å². The van der Waals surface area contributed by atoms with Crippen molar-refractivity contribution >= 4 is 29.3 Å². The fourth-order valence-corrected chi connectivity index (χ4v) is 5.89. The fraction of sp³-hybridized carbons (Fsp3) is 0.583. The van der Waals surface area contributed by atoms with Gasteiger partial charge in [-0.15, -0.1) is 0 Å². The lowest BCUT2D eigenvalue weighted by molar-refractivity contribution is -0.126.